The van der Waals surface area contributed by atoms with Crippen LogP contribution in [0.5, 0.6) is 0 Å². The standard InChI is InChI=1S/C20H36N2O6/c1-5-9-14(22-18(26)28-19(2,3)4)16(23)20(27,17(24)25)15(21)12-13-10-7-6-8-11-13/h13-15,27H,5-12,21H2,1-4H3,(H,22,26)(H,24,25). The van der Waals surface area contributed by atoms with Crippen molar-refractivity contribution in [2.45, 2.75) is 102 Å². The lowest BCUT2D eigenvalue weighted by Crippen LogP contribution is -2.65. The Hall–Kier alpha value is -1.67. The Morgan fingerprint density at radius 1 is 1.18 bits per heavy atom. The van der Waals surface area contributed by atoms with Crippen molar-refractivity contribution in [2.75, 3.05) is 0 Å². The van der Waals surface area contributed by atoms with Crippen molar-refractivity contribution in [1.82, 2.24) is 5.32 Å². The number of hydrogen-bond donors (Lipinski definition) is 4. The van der Waals surface area contributed by atoms with E-state index in [0.29, 0.717) is 6.42 Å². The summed E-state index contributed by atoms with van der Waals surface area (Å²) in [4.78, 5) is 37.0. The molecule has 1 aliphatic carbocycles. The number of nitrogens with two attached hydrogens (primary N) is 1. The number of amides is 1. The molecule has 162 valence electrons. The van der Waals surface area contributed by atoms with E-state index in [-0.39, 0.29) is 18.8 Å². The highest BCUT2D eigenvalue weighted by Crippen LogP contribution is 2.30. The first kappa shape index (κ1) is 24.4. The number of carboxylic acids is 1. The Balaban J connectivity index is 2.97. The van der Waals surface area contributed by atoms with Crippen LogP contribution in [0, 0.1) is 5.92 Å². The Labute approximate surface area is 167 Å². The summed E-state index contributed by atoms with van der Waals surface area (Å²) >= 11 is 0. The largest absolute Gasteiger partial charge is 0.479 e. The van der Waals surface area contributed by atoms with Gasteiger partial charge < -0.3 is 26.0 Å². The monoisotopic (exact) mass is 400 g/mol. The molecule has 0 radical (unpaired) electrons. The lowest BCUT2D eigenvalue weighted by Gasteiger charge is -2.34. The minimum atomic E-state index is -2.76. The highest BCUT2D eigenvalue weighted by molar-refractivity contribution is 6.10. The smallest absolute Gasteiger partial charge is 0.408 e. The Bertz CT molecular complexity index is 553. The van der Waals surface area contributed by atoms with Gasteiger partial charge in [-0.05, 0) is 39.5 Å². The van der Waals surface area contributed by atoms with Crippen LogP contribution < -0.4 is 11.1 Å². The highest BCUT2D eigenvalue weighted by Gasteiger charge is 2.52. The van der Waals surface area contributed by atoms with Gasteiger partial charge in [-0.1, -0.05) is 45.4 Å². The van der Waals surface area contributed by atoms with Gasteiger partial charge in [0.25, 0.3) is 0 Å². The number of hydrogen-bond acceptors (Lipinski definition) is 6. The first-order valence-corrected chi connectivity index (χ1v) is 10.2. The van der Waals surface area contributed by atoms with Crippen molar-refractivity contribution in [3.05, 3.63) is 0 Å². The lowest BCUT2D eigenvalue weighted by molar-refractivity contribution is -0.169. The van der Waals surface area contributed by atoms with Gasteiger partial charge in [-0.15, -0.1) is 0 Å². The Morgan fingerprint density at radius 3 is 2.21 bits per heavy atom. The van der Waals surface area contributed by atoms with E-state index in [1.807, 2.05) is 0 Å². The number of alkyl carbamates (subject to hydrolysis) is 1. The van der Waals surface area contributed by atoms with Crippen LogP contribution in [0.3, 0.4) is 0 Å². The van der Waals surface area contributed by atoms with E-state index in [0.717, 1.165) is 32.1 Å². The summed E-state index contributed by atoms with van der Waals surface area (Å²) < 4.78 is 5.16. The number of carbonyl (C=O) groups excluding carboxylic acids is 2. The van der Waals surface area contributed by atoms with Gasteiger partial charge in [0, 0.05) is 0 Å². The summed E-state index contributed by atoms with van der Waals surface area (Å²) in [7, 11) is 0. The number of carboxylic acid groups (broad SMARTS) is 1. The van der Waals surface area contributed by atoms with E-state index in [2.05, 4.69) is 5.32 Å². The molecule has 0 aromatic rings. The molecule has 8 nitrogen and oxygen atoms in total. The molecule has 0 aromatic carbocycles. The fourth-order valence-electron chi connectivity index (χ4n) is 3.67. The topological polar surface area (TPSA) is 139 Å². The van der Waals surface area contributed by atoms with E-state index in [1.54, 1.807) is 27.7 Å². The van der Waals surface area contributed by atoms with Crippen LogP contribution in [0.15, 0.2) is 0 Å². The fourth-order valence-corrected chi connectivity index (χ4v) is 3.67. The normalized spacial score (nSPS) is 19.9. The van der Waals surface area contributed by atoms with Gasteiger partial charge in [-0.3, -0.25) is 4.79 Å². The number of nitrogens with one attached hydrogen (secondary N) is 1. The number of rotatable bonds is 9. The zero-order valence-corrected chi connectivity index (χ0v) is 17.5. The summed E-state index contributed by atoms with van der Waals surface area (Å²) in [6.07, 6.45) is 5.10. The second kappa shape index (κ2) is 10.2. The number of aliphatic hydroxyl groups is 1. The van der Waals surface area contributed by atoms with Crippen molar-refractivity contribution < 1.29 is 29.3 Å². The highest BCUT2D eigenvalue weighted by atomic mass is 16.6. The molecule has 1 fully saturated rings. The van der Waals surface area contributed by atoms with Gasteiger partial charge >= 0.3 is 12.1 Å². The zero-order chi connectivity index (χ0) is 21.5. The van der Waals surface area contributed by atoms with E-state index in [4.69, 9.17) is 10.5 Å². The average molecular weight is 401 g/mol. The van der Waals surface area contributed by atoms with Crippen LogP contribution in [0.25, 0.3) is 0 Å². The number of ketones is 1. The minimum absolute atomic E-state index is 0.170. The molecule has 3 atom stereocenters. The maximum atomic E-state index is 13.0. The maximum Gasteiger partial charge on any atom is 0.408 e. The number of carbonyl (C=O) groups is 3. The van der Waals surface area contributed by atoms with Crippen LogP contribution in [0.1, 0.15) is 79.1 Å². The van der Waals surface area contributed by atoms with Crippen LogP contribution in [-0.4, -0.2) is 51.3 Å². The molecule has 0 spiro atoms. The molecule has 0 bridgehead atoms. The summed E-state index contributed by atoms with van der Waals surface area (Å²) in [5.74, 6) is -2.50. The first-order chi connectivity index (χ1) is 12.9. The molecule has 0 heterocycles. The third-order valence-electron chi connectivity index (χ3n) is 5.14. The second-order valence-corrected chi connectivity index (χ2v) is 8.77. The predicted molar refractivity (Wildman–Crippen MR) is 105 cm³/mol. The summed E-state index contributed by atoms with van der Waals surface area (Å²) in [5, 5.41) is 22.9. The molecule has 1 amide bonds. The van der Waals surface area contributed by atoms with Gasteiger partial charge in [0.1, 0.15) is 5.60 Å². The van der Waals surface area contributed by atoms with Gasteiger partial charge in [0.2, 0.25) is 5.60 Å². The fraction of sp³-hybridized carbons (Fsp3) is 0.850. The summed E-state index contributed by atoms with van der Waals surface area (Å²) in [6, 6.07) is -2.45. The average Bonchev–Trinajstić information content (AvgIpc) is 2.59. The quantitative estimate of drug-likeness (QED) is 0.436. The number of aliphatic carboxylic acids is 1. The molecule has 0 aliphatic heterocycles. The second-order valence-electron chi connectivity index (χ2n) is 8.77. The van der Waals surface area contributed by atoms with E-state index >= 15 is 0 Å². The SMILES string of the molecule is CCCC(NC(=O)OC(C)(C)C)C(=O)C(O)(C(=O)O)C(N)CC1CCCCC1. The van der Waals surface area contributed by atoms with Gasteiger partial charge in [-0.25, -0.2) is 9.59 Å². The van der Waals surface area contributed by atoms with Crippen molar-refractivity contribution in [3.8, 4) is 0 Å². The third kappa shape index (κ3) is 6.74. The molecule has 0 saturated heterocycles. The lowest BCUT2D eigenvalue weighted by atomic mass is 9.77. The third-order valence-corrected chi connectivity index (χ3v) is 5.14. The summed E-state index contributed by atoms with van der Waals surface area (Å²) in [5.41, 5.74) is 2.52. The molecule has 0 aromatic heterocycles. The van der Waals surface area contributed by atoms with Crippen LogP contribution in [0.2, 0.25) is 0 Å². The molecule has 8 heteroatoms. The van der Waals surface area contributed by atoms with E-state index in [1.165, 1.54) is 0 Å². The van der Waals surface area contributed by atoms with Gasteiger partial charge in [0.15, 0.2) is 5.78 Å². The number of ether oxygens (including phenoxy) is 1. The maximum absolute atomic E-state index is 13.0. The molecular weight excluding hydrogens is 364 g/mol. The van der Waals surface area contributed by atoms with E-state index < -0.39 is 41.1 Å². The zero-order valence-electron chi connectivity index (χ0n) is 17.5. The molecule has 1 aliphatic rings. The Morgan fingerprint density at radius 2 is 1.75 bits per heavy atom. The van der Waals surface area contributed by atoms with Crippen LogP contribution >= 0.6 is 0 Å². The molecule has 3 unspecified atom stereocenters. The molecular formula is C20H36N2O6. The molecule has 28 heavy (non-hydrogen) atoms. The molecule has 1 saturated carbocycles. The molecule has 1 rings (SSSR count). The van der Waals surface area contributed by atoms with Crippen LogP contribution in [0.4, 0.5) is 4.79 Å². The van der Waals surface area contributed by atoms with Crippen molar-refractivity contribution in [3.63, 3.8) is 0 Å². The predicted octanol–water partition coefficient (Wildman–Crippen LogP) is 2.36. The van der Waals surface area contributed by atoms with Gasteiger partial charge in [-0.2, -0.15) is 0 Å². The van der Waals surface area contributed by atoms with Crippen molar-refractivity contribution in [1.29, 1.82) is 0 Å². The van der Waals surface area contributed by atoms with Crippen molar-refractivity contribution in [2.24, 2.45) is 11.7 Å². The number of Topliss-reactive ketones (excluding diaryl/α,β-unsaturated/α-hetero) is 1. The summed E-state index contributed by atoms with van der Waals surface area (Å²) in [6.45, 7) is 6.82. The van der Waals surface area contributed by atoms with Crippen molar-refractivity contribution >= 4 is 17.8 Å². The van der Waals surface area contributed by atoms with Crippen LogP contribution in [-0.2, 0) is 14.3 Å². The minimum Gasteiger partial charge on any atom is -0.479 e. The van der Waals surface area contributed by atoms with Gasteiger partial charge in [0.05, 0.1) is 12.1 Å². The van der Waals surface area contributed by atoms with E-state index in [9.17, 15) is 24.6 Å². The molecule has 5 N–H and O–H groups in total. The first-order valence-electron chi connectivity index (χ1n) is 10.2. The Kier molecular flexibility index (Phi) is 8.88.